The van der Waals surface area contributed by atoms with Gasteiger partial charge >= 0.3 is 0 Å². The Morgan fingerprint density at radius 2 is 2.28 bits per heavy atom. The van der Waals surface area contributed by atoms with Crippen LogP contribution in [0.25, 0.3) is 0 Å². The Hall–Kier alpha value is -1.59. The van der Waals surface area contributed by atoms with Gasteiger partial charge in [0, 0.05) is 11.8 Å². The van der Waals surface area contributed by atoms with Gasteiger partial charge < -0.3 is 15.8 Å². The first kappa shape index (κ1) is 14.5. The summed E-state index contributed by atoms with van der Waals surface area (Å²) < 4.78 is 5.10. The summed E-state index contributed by atoms with van der Waals surface area (Å²) in [4.78, 5) is 13.7. The number of nitrogens with one attached hydrogen (secondary N) is 1. The fraction of sp³-hybridized carbons (Fsp3) is 0.462. The third-order valence-corrected chi connectivity index (χ3v) is 2.51. The van der Waals surface area contributed by atoms with Crippen molar-refractivity contribution in [2.24, 2.45) is 5.73 Å². The van der Waals surface area contributed by atoms with E-state index in [-0.39, 0.29) is 5.91 Å². The van der Waals surface area contributed by atoms with Crippen LogP contribution < -0.4 is 15.8 Å². The van der Waals surface area contributed by atoms with E-state index in [1.807, 2.05) is 30.1 Å². The molecule has 0 spiro atoms. The van der Waals surface area contributed by atoms with Crippen molar-refractivity contribution >= 4 is 11.6 Å². The van der Waals surface area contributed by atoms with Crippen molar-refractivity contribution in [3.05, 3.63) is 24.3 Å². The van der Waals surface area contributed by atoms with Crippen molar-refractivity contribution in [3.8, 4) is 5.75 Å². The first-order valence-electron chi connectivity index (χ1n) is 5.98. The zero-order valence-corrected chi connectivity index (χ0v) is 11.0. The Bertz CT molecular complexity index is 382. The summed E-state index contributed by atoms with van der Waals surface area (Å²) in [6, 6.07) is 7.30. The highest BCUT2D eigenvalue weighted by molar-refractivity contribution is 5.92. The quantitative estimate of drug-likeness (QED) is 0.756. The lowest BCUT2D eigenvalue weighted by atomic mass is 10.3. The van der Waals surface area contributed by atoms with Crippen molar-refractivity contribution in [2.45, 2.75) is 6.42 Å². The third kappa shape index (κ3) is 5.16. The molecule has 3 N–H and O–H groups in total. The van der Waals surface area contributed by atoms with E-state index in [9.17, 15) is 4.79 Å². The molecule has 0 aliphatic carbocycles. The van der Waals surface area contributed by atoms with Gasteiger partial charge in [0.2, 0.25) is 5.91 Å². The zero-order valence-electron chi connectivity index (χ0n) is 11.0. The van der Waals surface area contributed by atoms with Gasteiger partial charge in [-0.05, 0) is 38.7 Å². The maximum absolute atomic E-state index is 11.8. The van der Waals surface area contributed by atoms with Gasteiger partial charge in [-0.1, -0.05) is 6.07 Å². The predicted octanol–water partition coefficient (Wildman–Crippen LogP) is 0.914. The van der Waals surface area contributed by atoms with Crippen LogP contribution in [-0.4, -0.2) is 44.6 Å². The molecule has 0 fully saturated rings. The number of nitrogens with zero attached hydrogens (tertiary/aromatic N) is 1. The molecule has 0 unspecified atom stereocenters. The zero-order chi connectivity index (χ0) is 13.4. The first-order chi connectivity index (χ1) is 8.65. The molecule has 5 nitrogen and oxygen atoms in total. The van der Waals surface area contributed by atoms with Crippen LogP contribution in [0.5, 0.6) is 5.75 Å². The van der Waals surface area contributed by atoms with E-state index >= 15 is 0 Å². The SMILES string of the molecule is COc1cccc(NC(=O)CN(C)CCCN)c1. The van der Waals surface area contributed by atoms with E-state index in [4.69, 9.17) is 10.5 Å². The Kier molecular flexibility index (Phi) is 6.18. The van der Waals surface area contributed by atoms with Crippen LogP contribution in [0.2, 0.25) is 0 Å². The first-order valence-corrected chi connectivity index (χ1v) is 5.98. The summed E-state index contributed by atoms with van der Waals surface area (Å²) in [5, 5.41) is 2.83. The topological polar surface area (TPSA) is 67.6 Å². The van der Waals surface area contributed by atoms with E-state index in [1.165, 1.54) is 0 Å². The predicted molar refractivity (Wildman–Crippen MR) is 72.8 cm³/mol. The monoisotopic (exact) mass is 251 g/mol. The summed E-state index contributed by atoms with van der Waals surface area (Å²) in [7, 11) is 3.50. The molecule has 1 rings (SSSR count). The number of hydrogen-bond donors (Lipinski definition) is 2. The maximum Gasteiger partial charge on any atom is 0.238 e. The van der Waals surface area contributed by atoms with Gasteiger partial charge in [0.1, 0.15) is 5.75 Å². The van der Waals surface area contributed by atoms with Gasteiger partial charge in [-0.15, -0.1) is 0 Å². The lowest BCUT2D eigenvalue weighted by Crippen LogP contribution is -2.31. The second-order valence-corrected chi connectivity index (χ2v) is 4.16. The summed E-state index contributed by atoms with van der Waals surface area (Å²) >= 11 is 0. The maximum atomic E-state index is 11.8. The van der Waals surface area contributed by atoms with Crippen LogP contribution in [-0.2, 0) is 4.79 Å². The highest BCUT2D eigenvalue weighted by Crippen LogP contribution is 2.16. The van der Waals surface area contributed by atoms with Crippen molar-refractivity contribution < 1.29 is 9.53 Å². The number of nitrogens with two attached hydrogens (primary N) is 1. The number of benzene rings is 1. The number of amides is 1. The second-order valence-electron chi connectivity index (χ2n) is 4.16. The van der Waals surface area contributed by atoms with Crippen LogP contribution in [0.15, 0.2) is 24.3 Å². The summed E-state index contributed by atoms with van der Waals surface area (Å²) in [6.07, 6.45) is 0.892. The fourth-order valence-electron chi connectivity index (χ4n) is 1.59. The number of carbonyl (C=O) groups is 1. The number of rotatable bonds is 7. The molecule has 18 heavy (non-hydrogen) atoms. The number of ether oxygens (including phenoxy) is 1. The number of anilines is 1. The minimum atomic E-state index is -0.0391. The molecular weight excluding hydrogens is 230 g/mol. The standard InChI is InChI=1S/C13H21N3O2/c1-16(8-4-7-14)10-13(17)15-11-5-3-6-12(9-11)18-2/h3,5-6,9H,4,7-8,10,14H2,1-2H3,(H,15,17). The summed E-state index contributed by atoms with van der Waals surface area (Å²) in [5.74, 6) is 0.687. The molecule has 0 saturated heterocycles. The van der Waals surface area contributed by atoms with Gasteiger partial charge in [-0.25, -0.2) is 0 Å². The van der Waals surface area contributed by atoms with E-state index in [2.05, 4.69) is 5.32 Å². The van der Waals surface area contributed by atoms with Gasteiger partial charge in [-0.2, -0.15) is 0 Å². The molecule has 5 heteroatoms. The molecule has 0 radical (unpaired) electrons. The molecular formula is C13H21N3O2. The normalized spacial score (nSPS) is 10.4. The van der Waals surface area contributed by atoms with Crippen LogP contribution in [0.4, 0.5) is 5.69 Å². The van der Waals surface area contributed by atoms with Crippen LogP contribution in [0.1, 0.15) is 6.42 Å². The summed E-state index contributed by atoms with van der Waals surface area (Å²) in [6.45, 7) is 1.82. The fourth-order valence-corrected chi connectivity index (χ4v) is 1.59. The molecule has 0 heterocycles. The average Bonchev–Trinajstić information content (AvgIpc) is 2.36. The summed E-state index contributed by atoms with van der Waals surface area (Å²) in [5.41, 5.74) is 6.16. The highest BCUT2D eigenvalue weighted by atomic mass is 16.5. The molecule has 0 saturated carbocycles. The lowest BCUT2D eigenvalue weighted by Gasteiger charge is -2.15. The van der Waals surface area contributed by atoms with Gasteiger partial charge in [-0.3, -0.25) is 9.69 Å². The van der Waals surface area contributed by atoms with Crippen molar-refractivity contribution in [1.82, 2.24) is 4.90 Å². The molecule has 0 aliphatic rings. The van der Waals surface area contributed by atoms with Crippen molar-refractivity contribution in [3.63, 3.8) is 0 Å². The van der Waals surface area contributed by atoms with Gasteiger partial charge in [0.05, 0.1) is 13.7 Å². The largest absolute Gasteiger partial charge is 0.497 e. The van der Waals surface area contributed by atoms with Gasteiger partial charge in [0.15, 0.2) is 0 Å². The molecule has 1 aromatic carbocycles. The van der Waals surface area contributed by atoms with Crippen LogP contribution in [0.3, 0.4) is 0 Å². The second kappa shape index (κ2) is 7.68. The molecule has 1 aromatic rings. The Labute approximate surface area is 108 Å². The number of likely N-dealkylation sites (N-methyl/N-ethyl adjacent to an activating group) is 1. The Balaban J connectivity index is 2.43. The molecule has 0 bridgehead atoms. The lowest BCUT2D eigenvalue weighted by molar-refractivity contribution is -0.117. The number of methoxy groups -OCH3 is 1. The van der Waals surface area contributed by atoms with Crippen molar-refractivity contribution in [1.29, 1.82) is 0 Å². The number of hydrogen-bond acceptors (Lipinski definition) is 4. The minimum absolute atomic E-state index is 0.0391. The Morgan fingerprint density at radius 3 is 2.94 bits per heavy atom. The number of carbonyl (C=O) groups excluding carboxylic acids is 1. The van der Waals surface area contributed by atoms with E-state index < -0.39 is 0 Å². The molecule has 0 aliphatic heterocycles. The molecule has 0 aromatic heterocycles. The van der Waals surface area contributed by atoms with Crippen molar-refractivity contribution in [2.75, 3.05) is 39.1 Å². The Morgan fingerprint density at radius 1 is 1.50 bits per heavy atom. The van der Waals surface area contributed by atoms with Crippen LogP contribution in [0, 0.1) is 0 Å². The van der Waals surface area contributed by atoms with Crippen LogP contribution >= 0.6 is 0 Å². The van der Waals surface area contributed by atoms with E-state index in [0.717, 1.165) is 24.4 Å². The third-order valence-electron chi connectivity index (χ3n) is 2.51. The molecule has 0 atom stereocenters. The molecule has 100 valence electrons. The van der Waals surface area contributed by atoms with Gasteiger partial charge in [0.25, 0.3) is 0 Å². The van der Waals surface area contributed by atoms with E-state index in [0.29, 0.717) is 13.1 Å². The minimum Gasteiger partial charge on any atom is -0.497 e. The molecule has 1 amide bonds. The highest BCUT2D eigenvalue weighted by Gasteiger charge is 2.06. The smallest absolute Gasteiger partial charge is 0.238 e. The average molecular weight is 251 g/mol. The van der Waals surface area contributed by atoms with E-state index in [1.54, 1.807) is 13.2 Å².